The molecule has 0 spiro atoms. The zero-order valence-corrected chi connectivity index (χ0v) is 14.4. The Bertz CT molecular complexity index is 640. The zero-order chi connectivity index (χ0) is 16.9. The van der Waals surface area contributed by atoms with Crippen LogP contribution in [0.5, 0.6) is 5.75 Å². The van der Waals surface area contributed by atoms with Crippen LogP contribution in [0.25, 0.3) is 0 Å². The first kappa shape index (κ1) is 16.2. The molecule has 0 bridgehead atoms. The van der Waals surface area contributed by atoms with Gasteiger partial charge >= 0.3 is 0 Å². The quantitative estimate of drug-likeness (QED) is 0.836. The minimum Gasteiger partial charge on any atom is -0.490 e. The standard InChI is InChI=1S/C21H28O3/c1-3-10-24-14-5-7-15-13(11-14)4-6-17-16(15)8-9-21(2)18(17)12-19(22)20(21)23/h3,5,7,11,16-20,22-23H,1,4,6,8-10,12H2,2H3/t16-,17+,18+,19+,20+,21-/m1/s1. The normalized spacial score (nSPS) is 40.4. The van der Waals surface area contributed by atoms with Crippen molar-refractivity contribution in [2.24, 2.45) is 17.3 Å². The summed E-state index contributed by atoms with van der Waals surface area (Å²) in [4.78, 5) is 0. The maximum atomic E-state index is 10.5. The van der Waals surface area contributed by atoms with Gasteiger partial charge in [-0.05, 0) is 78.5 Å². The summed E-state index contributed by atoms with van der Waals surface area (Å²) < 4.78 is 5.69. The molecule has 0 heterocycles. The molecule has 0 radical (unpaired) electrons. The van der Waals surface area contributed by atoms with Crippen molar-refractivity contribution >= 4 is 0 Å². The molecule has 0 aromatic heterocycles. The Morgan fingerprint density at radius 3 is 2.96 bits per heavy atom. The van der Waals surface area contributed by atoms with Gasteiger partial charge in [0.15, 0.2) is 0 Å². The van der Waals surface area contributed by atoms with Gasteiger partial charge in [0.1, 0.15) is 12.4 Å². The van der Waals surface area contributed by atoms with E-state index in [-0.39, 0.29) is 5.41 Å². The first-order chi connectivity index (χ1) is 11.5. The van der Waals surface area contributed by atoms with E-state index in [1.165, 1.54) is 11.1 Å². The van der Waals surface area contributed by atoms with Crippen LogP contribution >= 0.6 is 0 Å². The van der Waals surface area contributed by atoms with Crippen molar-refractivity contribution in [3.05, 3.63) is 42.0 Å². The molecule has 3 nitrogen and oxygen atoms in total. The number of fused-ring (bicyclic) bond motifs is 5. The Morgan fingerprint density at radius 1 is 1.33 bits per heavy atom. The van der Waals surface area contributed by atoms with E-state index in [0.717, 1.165) is 37.9 Å². The van der Waals surface area contributed by atoms with E-state index in [0.29, 0.717) is 24.4 Å². The third-order valence-corrected chi connectivity index (χ3v) is 7.04. The van der Waals surface area contributed by atoms with Gasteiger partial charge in [0.25, 0.3) is 0 Å². The van der Waals surface area contributed by atoms with Gasteiger partial charge in [-0.15, -0.1) is 0 Å². The fourth-order valence-corrected chi connectivity index (χ4v) is 5.79. The number of aliphatic hydroxyl groups is 2. The van der Waals surface area contributed by atoms with Gasteiger partial charge in [0.2, 0.25) is 0 Å². The smallest absolute Gasteiger partial charge is 0.120 e. The molecule has 3 aliphatic carbocycles. The fraction of sp³-hybridized carbons (Fsp3) is 0.619. The Kier molecular flexibility index (Phi) is 3.97. The molecule has 4 rings (SSSR count). The largest absolute Gasteiger partial charge is 0.490 e. The van der Waals surface area contributed by atoms with Crippen molar-refractivity contribution < 1.29 is 14.9 Å². The van der Waals surface area contributed by atoms with Crippen molar-refractivity contribution in [2.75, 3.05) is 6.61 Å². The SMILES string of the molecule is C=CCOc1ccc2c(c1)CC[C@H]1[C@@H]2CC[C@@]2(C)[C@@H](O)[C@@H](O)C[C@@H]12. The summed E-state index contributed by atoms with van der Waals surface area (Å²) in [6.07, 6.45) is 5.77. The predicted molar refractivity (Wildman–Crippen MR) is 94.1 cm³/mol. The minimum absolute atomic E-state index is 0.106. The summed E-state index contributed by atoms with van der Waals surface area (Å²) >= 11 is 0. The summed E-state index contributed by atoms with van der Waals surface area (Å²) in [7, 11) is 0. The molecule has 0 amide bonds. The van der Waals surface area contributed by atoms with Gasteiger partial charge < -0.3 is 14.9 Å². The average Bonchev–Trinajstić information content (AvgIpc) is 2.83. The highest BCUT2D eigenvalue weighted by molar-refractivity contribution is 5.41. The highest BCUT2D eigenvalue weighted by atomic mass is 16.5. The van der Waals surface area contributed by atoms with Crippen LogP contribution in [0.2, 0.25) is 0 Å². The maximum Gasteiger partial charge on any atom is 0.120 e. The molecular weight excluding hydrogens is 300 g/mol. The van der Waals surface area contributed by atoms with Crippen LogP contribution in [-0.2, 0) is 6.42 Å². The van der Waals surface area contributed by atoms with E-state index in [1.807, 2.05) is 0 Å². The summed E-state index contributed by atoms with van der Waals surface area (Å²) in [6.45, 7) is 6.43. The van der Waals surface area contributed by atoms with Crippen LogP contribution in [0.4, 0.5) is 0 Å². The summed E-state index contributed by atoms with van der Waals surface area (Å²) in [5.74, 6) is 2.52. The molecule has 1 aromatic rings. The van der Waals surface area contributed by atoms with Crippen molar-refractivity contribution in [3.8, 4) is 5.75 Å². The molecule has 130 valence electrons. The Balaban J connectivity index is 1.61. The second-order valence-corrected chi connectivity index (χ2v) is 8.17. The van der Waals surface area contributed by atoms with Gasteiger partial charge in [-0.1, -0.05) is 25.6 Å². The lowest BCUT2D eigenvalue weighted by atomic mass is 9.55. The molecule has 2 fully saturated rings. The third-order valence-electron chi connectivity index (χ3n) is 7.04. The van der Waals surface area contributed by atoms with Crippen LogP contribution in [0.3, 0.4) is 0 Å². The molecule has 2 saturated carbocycles. The number of hydrogen-bond acceptors (Lipinski definition) is 3. The first-order valence-corrected chi connectivity index (χ1v) is 9.27. The van der Waals surface area contributed by atoms with Crippen LogP contribution in [0, 0.1) is 17.3 Å². The molecule has 3 aliphatic rings. The molecule has 0 aliphatic heterocycles. The van der Waals surface area contributed by atoms with Crippen molar-refractivity contribution in [3.63, 3.8) is 0 Å². The second-order valence-electron chi connectivity index (χ2n) is 8.17. The highest BCUT2D eigenvalue weighted by Gasteiger charge is 2.57. The van der Waals surface area contributed by atoms with E-state index >= 15 is 0 Å². The molecular formula is C21H28O3. The van der Waals surface area contributed by atoms with Gasteiger partial charge in [-0.3, -0.25) is 0 Å². The van der Waals surface area contributed by atoms with Crippen LogP contribution < -0.4 is 4.74 Å². The van der Waals surface area contributed by atoms with Gasteiger partial charge in [0, 0.05) is 0 Å². The van der Waals surface area contributed by atoms with Gasteiger partial charge in [-0.2, -0.15) is 0 Å². The van der Waals surface area contributed by atoms with E-state index < -0.39 is 12.2 Å². The number of hydrogen-bond donors (Lipinski definition) is 2. The van der Waals surface area contributed by atoms with E-state index in [1.54, 1.807) is 6.08 Å². The number of benzene rings is 1. The van der Waals surface area contributed by atoms with Crippen molar-refractivity contribution in [2.45, 2.75) is 57.2 Å². The molecule has 0 unspecified atom stereocenters. The zero-order valence-electron chi connectivity index (χ0n) is 14.4. The monoisotopic (exact) mass is 328 g/mol. The van der Waals surface area contributed by atoms with E-state index in [9.17, 15) is 10.2 Å². The van der Waals surface area contributed by atoms with Gasteiger partial charge in [0.05, 0.1) is 12.2 Å². The number of aryl methyl sites for hydroxylation is 1. The lowest BCUT2D eigenvalue weighted by molar-refractivity contribution is -0.0505. The molecule has 1 aromatic carbocycles. The Hall–Kier alpha value is -1.32. The minimum atomic E-state index is -0.556. The maximum absolute atomic E-state index is 10.5. The van der Waals surface area contributed by atoms with Crippen LogP contribution in [0.1, 0.15) is 49.7 Å². The van der Waals surface area contributed by atoms with Gasteiger partial charge in [-0.25, -0.2) is 0 Å². The fourth-order valence-electron chi connectivity index (χ4n) is 5.79. The molecule has 2 N–H and O–H groups in total. The van der Waals surface area contributed by atoms with E-state index in [4.69, 9.17) is 4.74 Å². The Labute approximate surface area is 144 Å². The highest BCUT2D eigenvalue weighted by Crippen LogP contribution is 2.60. The van der Waals surface area contributed by atoms with E-state index in [2.05, 4.69) is 31.7 Å². The topological polar surface area (TPSA) is 49.7 Å². The number of ether oxygens (including phenoxy) is 1. The van der Waals surface area contributed by atoms with Crippen molar-refractivity contribution in [1.29, 1.82) is 0 Å². The van der Waals surface area contributed by atoms with Crippen molar-refractivity contribution in [1.82, 2.24) is 0 Å². The van der Waals surface area contributed by atoms with Crippen LogP contribution in [-0.4, -0.2) is 29.0 Å². The summed E-state index contributed by atoms with van der Waals surface area (Å²) in [6, 6.07) is 6.52. The third kappa shape index (κ3) is 2.33. The molecule has 6 atom stereocenters. The second kappa shape index (κ2) is 5.89. The number of aliphatic hydroxyl groups excluding tert-OH is 2. The first-order valence-electron chi connectivity index (χ1n) is 9.27. The molecule has 24 heavy (non-hydrogen) atoms. The lowest BCUT2D eigenvalue weighted by Gasteiger charge is -2.49. The average molecular weight is 328 g/mol. The predicted octanol–water partition coefficient (Wildman–Crippen LogP) is 3.44. The van der Waals surface area contributed by atoms with Crippen LogP contribution in [0.15, 0.2) is 30.9 Å². The summed E-state index contributed by atoms with van der Waals surface area (Å²) in [5, 5.41) is 20.7. The molecule has 3 heteroatoms. The summed E-state index contributed by atoms with van der Waals surface area (Å²) in [5.41, 5.74) is 2.78. The lowest BCUT2D eigenvalue weighted by Crippen LogP contribution is -2.44. The Morgan fingerprint density at radius 2 is 2.17 bits per heavy atom. The number of rotatable bonds is 3. The molecule has 0 saturated heterocycles.